The van der Waals surface area contributed by atoms with Crippen LogP contribution in [0.3, 0.4) is 0 Å². The summed E-state index contributed by atoms with van der Waals surface area (Å²) in [5.41, 5.74) is 0.562. The second kappa shape index (κ2) is 6.41. The Labute approximate surface area is 137 Å². The van der Waals surface area contributed by atoms with Crippen LogP contribution in [0.4, 0.5) is 5.69 Å². The van der Waals surface area contributed by atoms with Crippen molar-refractivity contribution in [2.75, 3.05) is 11.1 Å². The Hall–Kier alpha value is -1.35. The summed E-state index contributed by atoms with van der Waals surface area (Å²) in [5.74, 6) is 0.606. The van der Waals surface area contributed by atoms with Crippen molar-refractivity contribution < 1.29 is 13.2 Å². The smallest absolute Gasteiger partial charge is 0.240 e. The molecule has 116 valence electrons. The average molecular weight is 354 g/mol. The highest BCUT2D eigenvalue weighted by molar-refractivity contribution is 7.99. The van der Waals surface area contributed by atoms with E-state index in [-0.39, 0.29) is 17.3 Å². The van der Waals surface area contributed by atoms with Gasteiger partial charge in [-0.1, -0.05) is 6.07 Å². The van der Waals surface area contributed by atoms with Crippen LogP contribution in [-0.2, 0) is 21.4 Å². The van der Waals surface area contributed by atoms with Crippen LogP contribution < -0.4 is 10.0 Å². The Morgan fingerprint density at radius 1 is 1.27 bits per heavy atom. The normalized spacial score (nSPS) is 15.0. The Morgan fingerprint density at radius 2 is 2.14 bits per heavy atom. The second-order valence-electron chi connectivity index (χ2n) is 4.71. The van der Waals surface area contributed by atoms with Crippen molar-refractivity contribution in [1.29, 1.82) is 0 Å². The first kappa shape index (κ1) is 15.5. The number of thiophene rings is 1. The van der Waals surface area contributed by atoms with E-state index in [9.17, 15) is 13.2 Å². The lowest BCUT2D eigenvalue weighted by Crippen LogP contribution is -2.23. The topological polar surface area (TPSA) is 75.3 Å². The fourth-order valence-electron chi connectivity index (χ4n) is 2.03. The van der Waals surface area contributed by atoms with Crippen LogP contribution in [0.5, 0.6) is 0 Å². The lowest BCUT2D eigenvalue weighted by atomic mass is 10.3. The van der Waals surface area contributed by atoms with Crippen molar-refractivity contribution in [3.63, 3.8) is 0 Å². The van der Waals surface area contributed by atoms with Gasteiger partial charge in [0.1, 0.15) is 0 Å². The van der Waals surface area contributed by atoms with Crippen LogP contribution in [-0.4, -0.2) is 20.1 Å². The first-order valence-corrected chi connectivity index (χ1v) is 9.98. The number of carbonyl (C=O) groups excluding carboxylic acids is 1. The predicted octanol–water partition coefficient (Wildman–Crippen LogP) is 2.66. The standard InChI is InChI=1S/C14H14N2O3S3/c17-14-5-7-21-13-4-3-11(8-12(13)16-14)22(18,19)15-9-10-2-1-6-20-10/h1-4,6,8,15H,5,7,9H2,(H,16,17). The molecule has 2 aromatic rings. The van der Waals surface area contributed by atoms with Gasteiger partial charge in [0.15, 0.2) is 0 Å². The van der Waals surface area contributed by atoms with Gasteiger partial charge >= 0.3 is 0 Å². The van der Waals surface area contributed by atoms with Crippen LogP contribution in [0, 0.1) is 0 Å². The summed E-state index contributed by atoms with van der Waals surface area (Å²) < 4.78 is 27.3. The number of nitrogens with one attached hydrogen (secondary N) is 2. The zero-order chi connectivity index (χ0) is 15.6. The Balaban J connectivity index is 1.83. The molecule has 1 aromatic heterocycles. The molecule has 1 aliphatic rings. The number of amides is 1. The van der Waals surface area contributed by atoms with Gasteiger partial charge in [0.2, 0.25) is 15.9 Å². The Bertz CT molecular complexity index is 786. The minimum Gasteiger partial charge on any atom is -0.325 e. The summed E-state index contributed by atoms with van der Waals surface area (Å²) in [7, 11) is -3.60. The lowest BCUT2D eigenvalue weighted by Gasteiger charge is -2.10. The Morgan fingerprint density at radius 3 is 2.91 bits per heavy atom. The highest BCUT2D eigenvalue weighted by atomic mass is 32.2. The summed E-state index contributed by atoms with van der Waals surface area (Å²) >= 11 is 3.04. The molecule has 0 unspecified atom stereocenters. The van der Waals surface area contributed by atoms with E-state index < -0.39 is 10.0 Å². The summed E-state index contributed by atoms with van der Waals surface area (Å²) in [6.07, 6.45) is 0.429. The van der Waals surface area contributed by atoms with Gasteiger partial charge in [-0.2, -0.15) is 0 Å². The van der Waals surface area contributed by atoms with Crippen LogP contribution in [0.15, 0.2) is 45.5 Å². The molecule has 0 saturated heterocycles. The highest BCUT2D eigenvalue weighted by Gasteiger charge is 2.19. The van der Waals surface area contributed by atoms with Crippen LogP contribution in [0.2, 0.25) is 0 Å². The molecular weight excluding hydrogens is 340 g/mol. The molecule has 0 fully saturated rings. The van der Waals surface area contributed by atoms with E-state index in [2.05, 4.69) is 10.0 Å². The molecule has 22 heavy (non-hydrogen) atoms. The van der Waals surface area contributed by atoms with Gasteiger partial charge in [-0.15, -0.1) is 23.1 Å². The number of fused-ring (bicyclic) bond motifs is 1. The number of hydrogen-bond donors (Lipinski definition) is 2. The number of sulfonamides is 1. The van der Waals surface area contributed by atoms with Crippen molar-refractivity contribution in [1.82, 2.24) is 4.72 Å². The third kappa shape index (κ3) is 3.52. The number of anilines is 1. The van der Waals surface area contributed by atoms with Crippen molar-refractivity contribution in [3.8, 4) is 0 Å². The second-order valence-corrected chi connectivity index (χ2v) is 8.64. The largest absolute Gasteiger partial charge is 0.325 e. The van der Waals surface area contributed by atoms with Crippen molar-refractivity contribution in [3.05, 3.63) is 40.6 Å². The van der Waals surface area contributed by atoms with Crippen LogP contribution in [0.1, 0.15) is 11.3 Å². The third-order valence-electron chi connectivity index (χ3n) is 3.14. The molecule has 0 spiro atoms. The first-order chi connectivity index (χ1) is 10.5. The molecule has 0 saturated carbocycles. The van der Waals surface area contributed by atoms with Gasteiger partial charge in [-0.05, 0) is 29.6 Å². The molecule has 1 aromatic carbocycles. The van der Waals surface area contributed by atoms with E-state index in [1.54, 1.807) is 23.9 Å². The summed E-state index contributed by atoms with van der Waals surface area (Å²) in [4.78, 5) is 13.6. The molecule has 3 rings (SSSR count). The fraction of sp³-hybridized carbons (Fsp3) is 0.214. The van der Waals surface area contributed by atoms with Crippen LogP contribution in [0.25, 0.3) is 0 Å². The maximum Gasteiger partial charge on any atom is 0.240 e. The van der Waals surface area contributed by atoms with E-state index >= 15 is 0 Å². The first-order valence-electron chi connectivity index (χ1n) is 6.63. The molecule has 5 nitrogen and oxygen atoms in total. The summed E-state index contributed by atoms with van der Waals surface area (Å²) in [6.45, 7) is 0.262. The van der Waals surface area contributed by atoms with E-state index in [1.807, 2.05) is 17.5 Å². The molecule has 8 heteroatoms. The minimum absolute atomic E-state index is 0.0904. The SMILES string of the molecule is O=C1CCSc2ccc(S(=O)(=O)NCc3cccs3)cc2N1. The highest BCUT2D eigenvalue weighted by Crippen LogP contribution is 2.32. The van der Waals surface area contributed by atoms with E-state index in [0.29, 0.717) is 17.9 Å². The predicted molar refractivity (Wildman–Crippen MR) is 88.8 cm³/mol. The number of carbonyl (C=O) groups is 1. The van der Waals surface area contributed by atoms with Crippen LogP contribution >= 0.6 is 23.1 Å². The molecule has 1 amide bonds. The molecular formula is C14H14N2O3S3. The quantitative estimate of drug-likeness (QED) is 0.885. The molecule has 2 N–H and O–H groups in total. The molecule has 0 aliphatic carbocycles. The summed E-state index contributed by atoms with van der Waals surface area (Å²) in [6, 6.07) is 8.58. The zero-order valence-electron chi connectivity index (χ0n) is 11.5. The van der Waals surface area contributed by atoms with Gasteiger partial charge in [-0.3, -0.25) is 4.79 Å². The van der Waals surface area contributed by atoms with Gasteiger partial charge in [-0.25, -0.2) is 13.1 Å². The number of hydrogen-bond acceptors (Lipinski definition) is 5. The molecule has 2 heterocycles. The number of thioether (sulfide) groups is 1. The third-order valence-corrected chi connectivity index (χ3v) is 6.49. The molecule has 0 radical (unpaired) electrons. The van der Waals surface area contributed by atoms with Gasteiger partial charge in [0.05, 0.1) is 10.6 Å². The molecule has 0 bridgehead atoms. The van der Waals surface area contributed by atoms with E-state index in [0.717, 1.165) is 9.77 Å². The summed E-state index contributed by atoms with van der Waals surface area (Å²) in [5, 5.41) is 4.66. The number of benzene rings is 1. The molecule has 0 atom stereocenters. The number of rotatable bonds is 4. The average Bonchev–Trinajstić information content (AvgIpc) is 2.93. The fourth-order valence-corrected chi connectivity index (χ4v) is 4.73. The van der Waals surface area contributed by atoms with Gasteiger partial charge in [0.25, 0.3) is 0 Å². The van der Waals surface area contributed by atoms with Crippen molar-refractivity contribution >= 4 is 44.7 Å². The van der Waals surface area contributed by atoms with Gasteiger partial charge in [0, 0.05) is 28.5 Å². The van der Waals surface area contributed by atoms with E-state index in [1.165, 1.54) is 17.4 Å². The van der Waals surface area contributed by atoms with Gasteiger partial charge < -0.3 is 5.32 Å². The molecule has 1 aliphatic heterocycles. The van der Waals surface area contributed by atoms with Crippen molar-refractivity contribution in [2.24, 2.45) is 0 Å². The zero-order valence-corrected chi connectivity index (χ0v) is 14.0. The van der Waals surface area contributed by atoms with Crippen molar-refractivity contribution in [2.45, 2.75) is 22.8 Å². The maximum atomic E-state index is 12.4. The lowest BCUT2D eigenvalue weighted by molar-refractivity contribution is -0.115. The van der Waals surface area contributed by atoms with E-state index in [4.69, 9.17) is 0 Å². The monoisotopic (exact) mass is 354 g/mol. The minimum atomic E-state index is -3.60. The maximum absolute atomic E-state index is 12.4. The Kier molecular flexibility index (Phi) is 4.53.